The predicted octanol–water partition coefficient (Wildman–Crippen LogP) is 1.80. The first-order chi connectivity index (χ1) is 11.3. The summed E-state index contributed by atoms with van der Waals surface area (Å²) < 4.78 is 27.1. The Labute approximate surface area is 148 Å². The first kappa shape index (κ1) is 19.2. The van der Waals surface area contributed by atoms with Crippen LogP contribution in [0.25, 0.3) is 0 Å². The second-order valence-corrected chi connectivity index (χ2v) is 8.45. The molecule has 24 heavy (non-hydrogen) atoms. The maximum absolute atomic E-state index is 12.9. The largest absolute Gasteiger partial charge is 0.350 e. The Morgan fingerprint density at radius 3 is 2.50 bits per heavy atom. The van der Waals surface area contributed by atoms with Crippen molar-refractivity contribution in [3.8, 4) is 0 Å². The molecule has 1 aliphatic rings. The molecule has 0 saturated carbocycles. The van der Waals surface area contributed by atoms with Crippen molar-refractivity contribution in [1.82, 2.24) is 14.5 Å². The van der Waals surface area contributed by atoms with E-state index >= 15 is 0 Å². The topological polar surface area (TPSA) is 69.7 Å². The average Bonchev–Trinajstić information content (AvgIpc) is 2.55. The zero-order valence-corrected chi connectivity index (χ0v) is 15.8. The number of amides is 1. The number of carbonyl (C=O) groups excluding carboxylic acids is 1. The van der Waals surface area contributed by atoms with E-state index in [2.05, 4.69) is 10.2 Å². The minimum Gasteiger partial charge on any atom is -0.350 e. The highest BCUT2D eigenvalue weighted by Crippen LogP contribution is 2.26. The summed E-state index contributed by atoms with van der Waals surface area (Å²) >= 11 is 6.12. The Morgan fingerprint density at radius 2 is 1.92 bits per heavy atom. The van der Waals surface area contributed by atoms with Gasteiger partial charge in [0.05, 0.1) is 5.02 Å². The number of likely N-dealkylation sites (N-methyl/N-ethyl adjacent to an activating group) is 1. The molecule has 1 aliphatic heterocycles. The quantitative estimate of drug-likeness (QED) is 0.854. The highest BCUT2D eigenvalue weighted by Gasteiger charge is 2.30. The number of halogens is 1. The highest BCUT2D eigenvalue weighted by molar-refractivity contribution is 7.89. The van der Waals surface area contributed by atoms with Gasteiger partial charge in [0.2, 0.25) is 10.0 Å². The van der Waals surface area contributed by atoms with E-state index in [1.807, 2.05) is 20.9 Å². The molecule has 1 amide bonds. The first-order valence-corrected chi connectivity index (χ1v) is 9.86. The van der Waals surface area contributed by atoms with Crippen LogP contribution in [0.2, 0.25) is 5.02 Å². The normalized spacial score (nSPS) is 18.3. The fourth-order valence-electron chi connectivity index (χ4n) is 2.42. The lowest BCUT2D eigenvalue weighted by Gasteiger charge is -2.31. The van der Waals surface area contributed by atoms with E-state index in [0.29, 0.717) is 31.7 Å². The maximum Gasteiger partial charge on any atom is 0.251 e. The lowest BCUT2D eigenvalue weighted by Crippen LogP contribution is -2.47. The molecule has 1 atom stereocenters. The number of hydrogen-bond acceptors (Lipinski definition) is 4. The van der Waals surface area contributed by atoms with Gasteiger partial charge in [-0.2, -0.15) is 4.31 Å². The fourth-order valence-corrected chi connectivity index (χ4v) is 4.34. The van der Waals surface area contributed by atoms with Crippen molar-refractivity contribution in [1.29, 1.82) is 0 Å². The molecule has 1 aromatic carbocycles. The Hall–Kier alpha value is -1.15. The van der Waals surface area contributed by atoms with Gasteiger partial charge in [-0.25, -0.2) is 8.42 Å². The first-order valence-electron chi connectivity index (χ1n) is 8.04. The van der Waals surface area contributed by atoms with Crippen LogP contribution < -0.4 is 5.32 Å². The van der Waals surface area contributed by atoms with Crippen molar-refractivity contribution in [3.63, 3.8) is 0 Å². The van der Waals surface area contributed by atoms with Crippen molar-refractivity contribution in [3.05, 3.63) is 28.8 Å². The monoisotopic (exact) mass is 373 g/mol. The third-order valence-electron chi connectivity index (χ3n) is 4.26. The number of sulfonamides is 1. The van der Waals surface area contributed by atoms with Crippen LogP contribution in [-0.2, 0) is 10.0 Å². The van der Waals surface area contributed by atoms with Crippen LogP contribution in [0.15, 0.2) is 23.1 Å². The van der Waals surface area contributed by atoms with Crippen molar-refractivity contribution >= 4 is 27.5 Å². The molecule has 6 nitrogen and oxygen atoms in total. The molecular formula is C16H24ClN3O3S. The van der Waals surface area contributed by atoms with Crippen LogP contribution in [0, 0.1) is 0 Å². The van der Waals surface area contributed by atoms with Gasteiger partial charge in [0, 0.05) is 37.8 Å². The van der Waals surface area contributed by atoms with Gasteiger partial charge >= 0.3 is 0 Å². The molecule has 1 saturated heterocycles. The molecule has 2 rings (SSSR count). The van der Waals surface area contributed by atoms with E-state index in [9.17, 15) is 13.2 Å². The van der Waals surface area contributed by atoms with Gasteiger partial charge in [-0.1, -0.05) is 18.5 Å². The molecule has 8 heteroatoms. The van der Waals surface area contributed by atoms with Crippen molar-refractivity contribution < 1.29 is 13.2 Å². The molecule has 134 valence electrons. The average molecular weight is 374 g/mol. The van der Waals surface area contributed by atoms with Gasteiger partial charge in [-0.05, 0) is 38.6 Å². The summed E-state index contributed by atoms with van der Waals surface area (Å²) in [5.41, 5.74) is 0.299. The third kappa shape index (κ3) is 4.27. The van der Waals surface area contributed by atoms with Gasteiger partial charge in [0.1, 0.15) is 4.90 Å². The second-order valence-electron chi connectivity index (χ2n) is 6.14. The minimum absolute atomic E-state index is 0.00878. The summed E-state index contributed by atoms with van der Waals surface area (Å²) in [6, 6.07) is 4.40. The molecule has 1 heterocycles. The molecular weight excluding hydrogens is 350 g/mol. The van der Waals surface area contributed by atoms with Gasteiger partial charge in [-0.15, -0.1) is 0 Å². The van der Waals surface area contributed by atoms with Crippen LogP contribution in [0.3, 0.4) is 0 Å². The number of rotatable bonds is 5. The SMILES string of the molecule is CC[C@@H](C)NC(=O)c1ccc(Cl)c(S(=O)(=O)N2CCN(C)CC2)c1. The standard InChI is InChI=1S/C16H24ClN3O3S/c1-4-12(2)18-16(21)13-5-6-14(17)15(11-13)24(22,23)20-9-7-19(3)8-10-20/h5-6,11-12H,4,7-10H2,1-3H3,(H,18,21)/t12-/m1/s1. The van der Waals surface area contributed by atoms with Crippen molar-refractivity contribution in [2.45, 2.75) is 31.2 Å². The Kier molecular flexibility index (Phi) is 6.25. The highest BCUT2D eigenvalue weighted by atomic mass is 35.5. The zero-order chi connectivity index (χ0) is 17.9. The molecule has 1 fully saturated rings. The predicted molar refractivity (Wildman–Crippen MR) is 94.9 cm³/mol. The summed E-state index contributed by atoms with van der Waals surface area (Å²) in [6.45, 7) is 6.04. The van der Waals surface area contributed by atoms with Crippen LogP contribution in [0.1, 0.15) is 30.6 Å². The van der Waals surface area contributed by atoms with Crippen LogP contribution in [0.4, 0.5) is 0 Å². The van der Waals surface area contributed by atoms with Crippen molar-refractivity contribution in [2.75, 3.05) is 33.2 Å². The summed E-state index contributed by atoms with van der Waals surface area (Å²) in [4.78, 5) is 14.3. The van der Waals surface area contributed by atoms with E-state index < -0.39 is 10.0 Å². The Morgan fingerprint density at radius 1 is 1.29 bits per heavy atom. The number of hydrogen-bond donors (Lipinski definition) is 1. The van der Waals surface area contributed by atoms with E-state index in [-0.39, 0.29) is 21.9 Å². The zero-order valence-electron chi connectivity index (χ0n) is 14.3. The summed E-state index contributed by atoms with van der Waals surface area (Å²) in [5, 5.41) is 2.97. The smallest absolute Gasteiger partial charge is 0.251 e. The van der Waals surface area contributed by atoms with Crippen LogP contribution >= 0.6 is 11.6 Å². The number of carbonyl (C=O) groups is 1. The van der Waals surface area contributed by atoms with E-state index in [1.54, 1.807) is 6.07 Å². The van der Waals surface area contributed by atoms with E-state index in [1.165, 1.54) is 16.4 Å². The maximum atomic E-state index is 12.9. The van der Waals surface area contributed by atoms with Gasteiger partial charge in [0.25, 0.3) is 5.91 Å². The Balaban J connectivity index is 2.29. The minimum atomic E-state index is -3.71. The van der Waals surface area contributed by atoms with Gasteiger partial charge < -0.3 is 10.2 Å². The van der Waals surface area contributed by atoms with E-state index in [4.69, 9.17) is 11.6 Å². The molecule has 0 aromatic heterocycles. The summed E-state index contributed by atoms with van der Waals surface area (Å²) in [6.07, 6.45) is 0.797. The van der Waals surface area contributed by atoms with Crippen molar-refractivity contribution in [2.24, 2.45) is 0 Å². The molecule has 0 spiro atoms. The molecule has 0 unspecified atom stereocenters. The van der Waals surface area contributed by atoms with E-state index in [0.717, 1.165) is 6.42 Å². The second kappa shape index (κ2) is 7.82. The summed E-state index contributed by atoms with van der Waals surface area (Å²) in [7, 11) is -1.76. The molecule has 0 bridgehead atoms. The Bertz CT molecular complexity index is 701. The number of benzene rings is 1. The molecule has 0 radical (unpaired) electrons. The number of piperazine rings is 1. The molecule has 1 aromatic rings. The fraction of sp³-hybridized carbons (Fsp3) is 0.562. The van der Waals surface area contributed by atoms with Crippen LogP contribution in [0.5, 0.6) is 0 Å². The van der Waals surface area contributed by atoms with Gasteiger partial charge in [0.15, 0.2) is 0 Å². The number of nitrogens with one attached hydrogen (secondary N) is 1. The van der Waals surface area contributed by atoms with Gasteiger partial charge in [-0.3, -0.25) is 4.79 Å². The lowest BCUT2D eigenvalue weighted by molar-refractivity contribution is 0.0939. The third-order valence-corrected chi connectivity index (χ3v) is 6.64. The summed E-state index contributed by atoms with van der Waals surface area (Å²) in [5.74, 6) is -0.296. The lowest BCUT2D eigenvalue weighted by atomic mass is 10.2. The molecule has 0 aliphatic carbocycles. The molecule has 1 N–H and O–H groups in total. The van der Waals surface area contributed by atoms with Crippen LogP contribution in [-0.4, -0.2) is 62.8 Å². The number of nitrogens with zero attached hydrogens (tertiary/aromatic N) is 2.